The molecule has 1 unspecified atom stereocenters. The van der Waals surface area contributed by atoms with Crippen LogP contribution in [0, 0.1) is 0 Å². The molecule has 0 aromatic heterocycles. The van der Waals surface area contributed by atoms with Gasteiger partial charge < -0.3 is 20.1 Å². The SMILES string of the molecule is [N-]=[N+]=C1C(=O)NC(=O)N2C3C[C@H](O)[C@@H](CO[C@@H]12)O3. The molecule has 3 aliphatic rings. The van der Waals surface area contributed by atoms with Crippen LogP contribution in [-0.4, -0.2) is 63.7 Å². The molecule has 2 bridgehead atoms. The third kappa shape index (κ3) is 1.46. The van der Waals surface area contributed by atoms with Crippen molar-refractivity contribution in [2.45, 2.75) is 31.1 Å². The van der Waals surface area contributed by atoms with Crippen LogP contribution in [0.2, 0.25) is 0 Å². The predicted molar refractivity (Wildman–Crippen MR) is 53.0 cm³/mol. The van der Waals surface area contributed by atoms with Gasteiger partial charge in [-0.15, -0.1) is 0 Å². The van der Waals surface area contributed by atoms with E-state index in [1.165, 1.54) is 0 Å². The number of imide groups is 1. The van der Waals surface area contributed by atoms with Gasteiger partial charge in [-0.05, 0) is 0 Å². The summed E-state index contributed by atoms with van der Waals surface area (Å²) in [7, 11) is 0. The van der Waals surface area contributed by atoms with Crippen LogP contribution in [-0.2, 0) is 14.3 Å². The standard InChI is InChI=1S/C9H10N4O5/c10-12-6-7(15)11-9(16)13-5-1-3(14)4(18-5)2-17-8(6)13/h3-5,8,14H,1-2H2,(H,11,15,16)/t3-,4+,5?,8-/m0/s1. The first-order chi connectivity index (χ1) is 8.61. The Balaban J connectivity index is 1.99. The lowest BCUT2D eigenvalue weighted by Crippen LogP contribution is -2.64. The van der Waals surface area contributed by atoms with E-state index < -0.39 is 36.6 Å². The highest BCUT2D eigenvalue weighted by atomic mass is 16.6. The fourth-order valence-corrected chi connectivity index (χ4v) is 2.33. The van der Waals surface area contributed by atoms with Gasteiger partial charge in [-0.2, -0.15) is 4.79 Å². The van der Waals surface area contributed by atoms with Crippen LogP contribution in [0.15, 0.2) is 0 Å². The van der Waals surface area contributed by atoms with Crippen LogP contribution in [0.5, 0.6) is 0 Å². The van der Waals surface area contributed by atoms with E-state index in [-0.39, 0.29) is 18.7 Å². The molecule has 0 saturated carbocycles. The van der Waals surface area contributed by atoms with Crippen molar-refractivity contribution in [1.82, 2.24) is 10.2 Å². The minimum absolute atomic E-state index is 0.0123. The van der Waals surface area contributed by atoms with Crippen LogP contribution in [0.3, 0.4) is 0 Å². The van der Waals surface area contributed by atoms with Crippen molar-refractivity contribution in [2.24, 2.45) is 0 Å². The smallest absolute Gasteiger partial charge is 0.390 e. The lowest BCUT2D eigenvalue weighted by Gasteiger charge is -2.33. The Labute approximate surface area is 101 Å². The maximum absolute atomic E-state index is 11.8. The molecule has 96 valence electrons. The zero-order valence-electron chi connectivity index (χ0n) is 9.15. The molecule has 3 rings (SSSR count). The average molecular weight is 254 g/mol. The number of nitrogens with zero attached hydrogens (tertiary/aromatic N) is 3. The van der Waals surface area contributed by atoms with Gasteiger partial charge in [-0.25, -0.2) is 4.79 Å². The molecule has 3 amide bonds. The predicted octanol–water partition coefficient (Wildman–Crippen LogP) is -1.96. The second-order valence-electron chi connectivity index (χ2n) is 4.27. The fraction of sp³-hybridized carbons (Fsp3) is 0.667. The molecule has 0 aliphatic carbocycles. The third-order valence-electron chi connectivity index (χ3n) is 3.21. The Morgan fingerprint density at radius 1 is 1.50 bits per heavy atom. The van der Waals surface area contributed by atoms with Gasteiger partial charge in [0.15, 0.2) is 0 Å². The van der Waals surface area contributed by atoms with Gasteiger partial charge in [0.05, 0.1) is 12.7 Å². The lowest BCUT2D eigenvalue weighted by molar-refractivity contribution is -0.128. The van der Waals surface area contributed by atoms with Crippen molar-refractivity contribution in [3.63, 3.8) is 0 Å². The van der Waals surface area contributed by atoms with Crippen LogP contribution < -0.4 is 5.32 Å². The molecule has 2 N–H and O–H groups in total. The number of hydrogen-bond acceptors (Lipinski definition) is 5. The highest BCUT2D eigenvalue weighted by Gasteiger charge is 2.54. The topological polar surface area (TPSA) is 124 Å². The number of aliphatic hydroxyl groups is 1. The monoisotopic (exact) mass is 254 g/mol. The molecular formula is C9H10N4O5. The first-order valence-corrected chi connectivity index (χ1v) is 5.42. The molecule has 0 radical (unpaired) electrons. The van der Waals surface area contributed by atoms with Crippen molar-refractivity contribution in [3.8, 4) is 0 Å². The maximum atomic E-state index is 11.8. The molecular weight excluding hydrogens is 244 g/mol. The van der Waals surface area contributed by atoms with E-state index in [9.17, 15) is 14.7 Å². The van der Waals surface area contributed by atoms with E-state index in [0.717, 1.165) is 4.90 Å². The molecule has 18 heavy (non-hydrogen) atoms. The molecule has 3 heterocycles. The van der Waals surface area contributed by atoms with Crippen molar-refractivity contribution in [2.75, 3.05) is 6.61 Å². The normalized spacial score (nSPS) is 38.9. The summed E-state index contributed by atoms with van der Waals surface area (Å²) < 4.78 is 10.8. The minimum atomic E-state index is -1.08. The van der Waals surface area contributed by atoms with Crippen molar-refractivity contribution < 1.29 is 29.0 Å². The Hall–Kier alpha value is -1.80. The molecule has 4 atom stereocenters. The van der Waals surface area contributed by atoms with Gasteiger partial charge in [0.25, 0.3) is 0 Å². The second kappa shape index (κ2) is 3.85. The third-order valence-corrected chi connectivity index (χ3v) is 3.21. The maximum Gasteiger partial charge on any atom is 0.405 e. The summed E-state index contributed by atoms with van der Waals surface area (Å²) in [6.07, 6.45) is -2.84. The lowest BCUT2D eigenvalue weighted by atomic mass is 10.1. The van der Waals surface area contributed by atoms with Crippen LogP contribution in [0.25, 0.3) is 5.53 Å². The van der Waals surface area contributed by atoms with Crippen LogP contribution >= 0.6 is 0 Å². The highest BCUT2D eigenvalue weighted by molar-refractivity contribution is 6.42. The van der Waals surface area contributed by atoms with Gasteiger partial charge in [0, 0.05) is 6.42 Å². The zero-order valence-corrected chi connectivity index (χ0v) is 9.15. The van der Waals surface area contributed by atoms with Crippen molar-refractivity contribution in [1.29, 1.82) is 0 Å². The molecule has 0 aromatic rings. The number of nitrogens with one attached hydrogen (secondary N) is 1. The summed E-state index contributed by atoms with van der Waals surface area (Å²) in [5.74, 6) is -0.804. The number of hydrogen-bond donors (Lipinski definition) is 2. The van der Waals surface area contributed by atoms with E-state index in [1.54, 1.807) is 0 Å². The highest BCUT2D eigenvalue weighted by Crippen LogP contribution is 2.30. The first-order valence-electron chi connectivity index (χ1n) is 5.42. The summed E-state index contributed by atoms with van der Waals surface area (Å²) >= 11 is 0. The Bertz CT molecular complexity index is 474. The largest absolute Gasteiger partial charge is 0.405 e. The number of ether oxygens (including phenoxy) is 2. The quantitative estimate of drug-likeness (QED) is 0.383. The van der Waals surface area contributed by atoms with Gasteiger partial charge in [-0.1, -0.05) is 0 Å². The number of carbonyl (C=O) groups excluding carboxylic acids is 2. The number of aliphatic hydroxyl groups excluding tert-OH is 1. The second-order valence-corrected chi connectivity index (χ2v) is 4.27. The molecule has 0 aromatic carbocycles. The van der Waals surface area contributed by atoms with Gasteiger partial charge >= 0.3 is 17.6 Å². The molecule has 9 heteroatoms. The number of fused-ring (bicyclic) bond motifs is 4. The van der Waals surface area contributed by atoms with E-state index in [4.69, 9.17) is 15.0 Å². The summed E-state index contributed by atoms with van der Waals surface area (Å²) in [6, 6.07) is -0.697. The zero-order chi connectivity index (χ0) is 12.9. The Morgan fingerprint density at radius 2 is 2.28 bits per heavy atom. The van der Waals surface area contributed by atoms with Gasteiger partial charge in [0.2, 0.25) is 6.23 Å². The van der Waals surface area contributed by atoms with E-state index in [2.05, 4.69) is 4.79 Å². The number of urea groups is 1. The summed E-state index contributed by atoms with van der Waals surface area (Å²) in [6.45, 7) is 0.0123. The van der Waals surface area contributed by atoms with Gasteiger partial charge in [-0.3, -0.25) is 15.0 Å². The summed E-state index contributed by atoms with van der Waals surface area (Å²) in [5.41, 5.74) is 8.51. The van der Waals surface area contributed by atoms with Crippen molar-refractivity contribution in [3.05, 3.63) is 5.53 Å². The van der Waals surface area contributed by atoms with Crippen LogP contribution in [0.4, 0.5) is 4.79 Å². The van der Waals surface area contributed by atoms with E-state index >= 15 is 0 Å². The first kappa shape index (κ1) is 11.3. The summed E-state index contributed by atoms with van der Waals surface area (Å²) in [5, 5.41) is 11.7. The minimum Gasteiger partial charge on any atom is -0.390 e. The summed E-state index contributed by atoms with van der Waals surface area (Å²) in [4.78, 5) is 27.2. The molecule has 0 spiro atoms. The van der Waals surface area contributed by atoms with E-state index in [0.29, 0.717) is 0 Å². The fourth-order valence-electron chi connectivity index (χ4n) is 2.33. The number of amides is 3. The molecule has 3 aliphatic heterocycles. The number of carbonyl (C=O) groups is 2. The molecule has 3 fully saturated rings. The van der Waals surface area contributed by atoms with Crippen LogP contribution in [0.1, 0.15) is 6.42 Å². The molecule has 3 saturated heterocycles. The van der Waals surface area contributed by atoms with Gasteiger partial charge in [0.1, 0.15) is 12.3 Å². The average Bonchev–Trinajstić information content (AvgIpc) is 2.55. The van der Waals surface area contributed by atoms with E-state index in [1.807, 2.05) is 5.32 Å². The van der Waals surface area contributed by atoms with Crippen molar-refractivity contribution >= 4 is 17.6 Å². The Kier molecular flexibility index (Phi) is 2.42. The number of rotatable bonds is 0. The molecule has 9 nitrogen and oxygen atoms in total. The Morgan fingerprint density at radius 3 is 3.00 bits per heavy atom.